The van der Waals surface area contributed by atoms with Crippen molar-refractivity contribution in [2.24, 2.45) is 0 Å². The van der Waals surface area contributed by atoms with Crippen LogP contribution in [0.2, 0.25) is 0 Å². The van der Waals surface area contributed by atoms with E-state index < -0.39 is 0 Å². The summed E-state index contributed by atoms with van der Waals surface area (Å²) in [6.07, 6.45) is 3.15. The molecule has 0 saturated carbocycles. The summed E-state index contributed by atoms with van der Waals surface area (Å²) in [5.41, 5.74) is 8.47. The zero-order chi connectivity index (χ0) is 13.8. The van der Waals surface area contributed by atoms with Crippen LogP contribution in [0.3, 0.4) is 0 Å². The maximum atomic E-state index is 5.87. The van der Waals surface area contributed by atoms with E-state index in [0.29, 0.717) is 22.9 Å². The quantitative estimate of drug-likeness (QED) is 0.909. The molecule has 2 N–H and O–H groups in total. The van der Waals surface area contributed by atoms with Gasteiger partial charge in [-0.05, 0) is 7.05 Å². The summed E-state index contributed by atoms with van der Waals surface area (Å²) in [6, 6.07) is 0. The average molecular weight is 301 g/mol. The molecule has 19 heavy (non-hydrogen) atoms. The lowest BCUT2D eigenvalue weighted by Gasteiger charge is -2.16. The van der Waals surface area contributed by atoms with Gasteiger partial charge in [0.25, 0.3) is 0 Å². The van der Waals surface area contributed by atoms with Crippen LogP contribution in [0, 0.1) is 0 Å². The fraction of sp³-hybridized carbons (Fsp3) is 0.364. The van der Waals surface area contributed by atoms with E-state index in [-0.39, 0.29) is 0 Å². The van der Waals surface area contributed by atoms with Crippen molar-refractivity contribution in [3.63, 3.8) is 0 Å². The minimum Gasteiger partial charge on any atom is -0.382 e. The van der Waals surface area contributed by atoms with Crippen molar-refractivity contribution in [2.75, 3.05) is 25.9 Å². The predicted octanol–water partition coefficient (Wildman–Crippen LogP) is 1.66. The highest BCUT2D eigenvalue weighted by Gasteiger charge is 2.08. The van der Waals surface area contributed by atoms with Gasteiger partial charge in [-0.1, -0.05) is 23.2 Å². The van der Waals surface area contributed by atoms with Gasteiger partial charge in [-0.15, -0.1) is 0 Å². The molecule has 2 rings (SSSR count). The van der Waals surface area contributed by atoms with Gasteiger partial charge >= 0.3 is 0 Å². The van der Waals surface area contributed by atoms with Crippen LogP contribution < -0.4 is 5.73 Å². The lowest BCUT2D eigenvalue weighted by atomic mass is 10.4. The molecule has 0 radical (unpaired) electrons. The first kappa shape index (κ1) is 14.0. The van der Waals surface area contributed by atoms with Crippen molar-refractivity contribution in [2.45, 2.75) is 6.54 Å². The van der Waals surface area contributed by atoms with Gasteiger partial charge in [-0.3, -0.25) is 4.90 Å². The van der Waals surface area contributed by atoms with E-state index in [1.165, 1.54) is 11.9 Å². The molecule has 2 heterocycles. The van der Waals surface area contributed by atoms with Crippen LogP contribution >= 0.6 is 23.2 Å². The molecular weight excluding hydrogens is 287 g/mol. The Labute approximate surface area is 120 Å². The van der Waals surface area contributed by atoms with Crippen molar-refractivity contribution in [3.05, 3.63) is 23.2 Å². The molecule has 0 fully saturated rings. The number of fused-ring (bicyclic) bond motifs is 1. The topological polar surface area (TPSA) is 72.9 Å². The second-order valence-electron chi connectivity index (χ2n) is 4.16. The number of imidazole rings is 1. The number of hydrogen-bond acceptors (Lipinski definition) is 5. The number of hydrogen-bond donors (Lipinski definition) is 1. The maximum Gasteiger partial charge on any atom is 0.165 e. The number of anilines is 1. The second-order valence-corrected chi connectivity index (χ2v) is 4.87. The van der Waals surface area contributed by atoms with Crippen molar-refractivity contribution >= 4 is 40.2 Å². The molecule has 0 spiro atoms. The van der Waals surface area contributed by atoms with Gasteiger partial charge in [-0.25, -0.2) is 15.0 Å². The highest BCUT2D eigenvalue weighted by Crippen LogP contribution is 2.14. The van der Waals surface area contributed by atoms with E-state index in [1.54, 1.807) is 6.33 Å². The molecule has 8 heteroatoms. The monoisotopic (exact) mass is 300 g/mol. The summed E-state index contributed by atoms with van der Waals surface area (Å²) < 4.78 is 1.93. The van der Waals surface area contributed by atoms with E-state index in [2.05, 4.69) is 19.9 Å². The molecule has 0 aliphatic rings. The van der Waals surface area contributed by atoms with Crippen molar-refractivity contribution < 1.29 is 0 Å². The zero-order valence-electron chi connectivity index (χ0n) is 10.4. The van der Waals surface area contributed by atoms with Gasteiger partial charge in [0, 0.05) is 30.2 Å². The Hall–Kier alpha value is -1.37. The smallest absolute Gasteiger partial charge is 0.165 e. The number of nitrogens with two attached hydrogens (primary N) is 1. The Morgan fingerprint density at radius 1 is 1.47 bits per heavy atom. The maximum absolute atomic E-state index is 5.87. The standard InChI is InChI=1S/C11H14Cl2N6/c1-18(5-8(13)4-12)2-3-19-7-17-9-10(14)15-6-16-11(9)19/h4,6-7H,2-3,5H2,1H3,(H2,14,15,16)/b8-4-. The van der Waals surface area contributed by atoms with E-state index >= 15 is 0 Å². The molecule has 0 aliphatic heterocycles. The van der Waals surface area contributed by atoms with Gasteiger partial charge in [-0.2, -0.15) is 0 Å². The highest BCUT2D eigenvalue weighted by molar-refractivity contribution is 6.36. The Balaban J connectivity index is 2.04. The Morgan fingerprint density at radius 2 is 2.26 bits per heavy atom. The summed E-state index contributed by atoms with van der Waals surface area (Å²) in [7, 11) is 1.96. The number of halogens is 2. The number of aromatic nitrogens is 4. The van der Waals surface area contributed by atoms with E-state index in [0.717, 1.165) is 18.7 Å². The van der Waals surface area contributed by atoms with Crippen LogP contribution in [0.25, 0.3) is 11.2 Å². The van der Waals surface area contributed by atoms with Crippen LogP contribution in [0.5, 0.6) is 0 Å². The van der Waals surface area contributed by atoms with Gasteiger partial charge in [0.05, 0.1) is 6.33 Å². The molecule has 0 aromatic carbocycles. The molecule has 0 unspecified atom stereocenters. The number of likely N-dealkylation sites (N-methyl/N-ethyl adjacent to an activating group) is 1. The molecule has 0 saturated heterocycles. The number of rotatable bonds is 5. The lowest BCUT2D eigenvalue weighted by Crippen LogP contribution is -2.24. The number of nitrogen functional groups attached to an aromatic ring is 1. The molecule has 0 atom stereocenters. The fourth-order valence-electron chi connectivity index (χ4n) is 1.71. The van der Waals surface area contributed by atoms with Crippen LogP contribution in [-0.2, 0) is 6.54 Å². The molecule has 0 bridgehead atoms. The molecule has 102 valence electrons. The van der Waals surface area contributed by atoms with E-state index in [4.69, 9.17) is 28.9 Å². The SMILES string of the molecule is CN(CCn1cnc2c(N)ncnc21)C/C(Cl)=C/Cl. The minimum absolute atomic E-state index is 0.394. The van der Waals surface area contributed by atoms with Crippen LogP contribution in [0.15, 0.2) is 23.2 Å². The zero-order valence-corrected chi connectivity index (χ0v) is 11.9. The minimum atomic E-state index is 0.394. The third-order valence-corrected chi connectivity index (χ3v) is 3.30. The van der Waals surface area contributed by atoms with Crippen molar-refractivity contribution in [1.29, 1.82) is 0 Å². The van der Waals surface area contributed by atoms with Crippen LogP contribution in [0.4, 0.5) is 5.82 Å². The Kier molecular flexibility index (Phi) is 4.57. The molecule has 2 aromatic heterocycles. The summed E-state index contributed by atoms with van der Waals surface area (Å²) in [6.45, 7) is 2.13. The molecule has 0 aliphatic carbocycles. The van der Waals surface area contributed by atoms with E-state index in [1.807, 2.05) is 11.6 Å². The Morgan fingerprint density at radius 3 is 3.00 bits per heavy atom. The first-order valence-electron chi connectivity index (χ1n) is 5.66. The first-order chi connectivity index (χ1) is 9.11. The molecule has 2 aromatic rings. The van der Waals surface area contributed by atoms with Crippen LogP contribution in [-0.4, -0.2) is 44.6 Å². The van der Waals surface area contributed by atoms with Crippen LogP contribution in [0.1, 0.15) is 0 Å². The third kappa shape index (κ3) is 3.34. The normalized spacial score (nSPS) is 12.5. The first-order valence-corrected chi connectivity index (χ1v) is 6.48. The van der Waals surface area contributed by atoms with Gasteiger partial charge in [0.1, 0.15) is 11.8 Å². The summed E-state index contributed by atoms with van der Waals surface area (Å²) >= 11 is 11.4. The number of nitrogens with zero attached hydrogens (tertiary/aromatic N) is 5. The third-order valence-electron chi connectivity index (χ3n) is 2.69. The molecule has 0 amide bonds. The largest absolute Gasteiger partial charge is 0.382 e. The Bertz CT molecular complexity index is 594. The highest BCUT2D eigenvalue weighted by atomic mass is 35.5. The van der Waals surface area contributed by atoms with E-state index in [9.17, 15) is 0 Å². The summed E-state index contributed by atoms with van der Waals surface area (Å²) in [4.78, 5) is 14.4. The van der Waals surface area contributed by atoms with Gasteiger partial charge < -0.3 is 10.3 Å². The fourth-order valence-corrected chi connectivity index (χ4v) is 1.99. The van der Waals surface area contributed by atoms with Gasteiger partial charge in [0.2, 0.25) is 0 Å². The summed E-state index contributed by atoms with van der Waals surface area (Å²) in [5, 5.41) is 0.603. The van der Waals surface area contributed by atoms with Gasteiger partial charge in [0.15, 0.2) is 11.5 Å². The van der Waals surface area contributed by atoms with Crippen molar-refractivity contribution in [1.82, 2.24) is 24.4 Å². The molecule has 6 nitrogen and oxygen atoms in total. The second kappa shape index (κ2) is 6.18. The summed E-state index contributed by atoms with van der Waals surface area (Å²) in [5.74, 6) is 0.394. The predicted molar refractivity (Wildman–Crippen MR) is 77.0 cm³/mol. The lowest BCUT2D eigenvalue weighted by molar-refractivity contribution is 0.350. The van der Waals surface area contributed by atoms with Crippen molar-refractivity contribution in [3.8, 4) is 0 Å². The average Bonchev–Trinajstić information content (AvgIpc) is 2.81. The molecular formula is C11H14Cl2N6.